The van der Waals surface area contributed by atoms with E-state index in [9.17, 15) is 4.79 Å². The van der Waals surface area contributed by atoms with Gasteiger partial charge in [-0.1, -0.05) is 0 Å². The molecule has 0 aromatic heterocycles. The van der Waals surface area contributed by atoms with Gasteiger partial charge in [-0.25, -0.2) is 4.79 Å². The summed E-state index contributed by atoms with van der Waals surface area (Å²) in [7, 11) is 1.43. The van der Waals surface area contributed by atoms with Crippen LogP contribution in [0, 0.1) is 5.92 Å². The van der Waals surface area contributed by atoms with Crippen molar-refractivity contribution >= 4 is 12.1 Å². The molecule has 0 radical (unpaired) electrons. The van der Waals surface area contributed by atoms with Crippen molar-refractivity contribution in [1.29, 1.82) is 0 Å². The quantitative estimate of drug-likeness (QED) is 0.376. The second-order valence-corrected chi connectivity index (χ2v) is 7.12. The smallest absolute Gasteiger partial charge is 0.409 e. The first-order valence-electron chi connectivity index (χ1n) is 10.3. The maximum atomic E-state index is 11.6. The van der Waals surface area contributed by atoms with Gasteiger partial charge in [-0.2, -0.15) is 0 Å². The van der Waals surface area contributed by atoms with E-state index in [1.165, 1.54) is 7.11 Å². The van der Waals surface area contributed by atoms with Crippen LogP contribution in [0.4, 0.5) is 4.79 Å². The summed E-state index contributed by atoms with van der Waals surface area (Å²) in [4.78, 5) is 18.0. The molecule has 0 spiro atoms. The molecule has 0 aromatic rings. The predicted molar refractivity (Wildman–Crippen MR) is 105 cm³/mol. The summed E-state index contributed by atoms with van der Waals surface area (Å²) >= 11 is 0. The van der Waals surface area contributed by atoms with Crippen LogP contribution in [0.3, 0.4) is 0 Å². The van der Waals surface area contributed by atoms with Crippen molar-refractivity contribution in [3.05, 3.63) is 0 Å². The van der Waals surface area contributed by atoms with Crippen molar-refractivity contribution in [2.75, 3.05) is 59.7 Å². The SMILES string of the molecule is CCNC(=NCCCOCC1CCOCC1)NC1CCN(C(=O)OC)CC1. The number of likely N-dealkylation sites (tertiary alicyclic amines) is 1. The number of hydrogen-bond acceptors (Lipinski definition) is 5. The van der Waals surface area contributed by atoms with E-state index >= 15 is 0 Å². The molecule has 1 amide bonds. The number of rotatable bonds is 8. The number of guanidine groups is 1. The molecule has 8 heteroatoms. The van der Waals surface area contributed by atoms with E-state index in [1.807, 2.05) is 0 Å². The Morgan fingerprint density at radius 3 is 2.63 bits per heavy atom. The molecule has 156 valence electrons. The van der Waals surface area contributed by atoms with E-state index in [4.69, 9.17) is 14.2 Å². The van der Waals surface area contributed by atoms with E-state index < -0.39 is 0 Å². The monoisotopic (exact) mass is 384 g/mol. The van der Waals surface area contributed by atoms with Crippen molar-refractivity contribution in [3.63, 3.8) is 0 Å². The number of nitrogens with one attached hydrogen (secondary N) is 2. The molecular weight excluding hydrogens is 348 g/mol. The third-order valence-electron chi connectivity index (χ3n) is 5.02. The van der Waals surface area contributed by atoms with Crippen LogP contribution < -0.4 is 10.6 Å². The number of aliphatic imine (C=N–C) groups is 1. The van der Waals surface area contributed by atoms with Crippen LogP contribution in [-0.2, 0) is 14.2 Å². The molecule has 0 atom stereocenters. The summed E-state index contributed by atoms with van der Waals surface area (Å²) in [6.07, 6.45) is 4.69. The van der Waals surface area contributed by atoms with Gasteiger partial charge in [-0.3, -0.25) is 4.99 Å². The zero-order valence-electron chi connectivity index (χ0n) is 16.9. The fourth-order valence-corrected chi connectivity index (χ4v) is 3.37. The van der Waals surface area contributed by atoms with E-state index in [-0.39, 0.29) is 6.09 Å². The fraction of sp³-hybridized carbons (Fsp3) is 0.895. The highest BCUT2D eigenvalue weighted by Gasteiger charge is 2.23. The molecule has 27 heavy (non-hydrogen) atoms. The third-order valence-corrected chi connectivity index (χ3v) is 5.02. The van der Waals surface area contributed by atoms with Crippen LogP contribution in [0.25, 0.3) is 0 Å². The lowest BCUT2D eigenvalue weighted by Crippen LogP contribution is -2.49. The average Bonchev–Trinajstić information content (AvgIpc) is 2.71. The van der Waals surface area contributed by atoms with Crippen molar-refractivity contribution in [3.8, 4) is 0 Å². The van der Waals surface area contributed by atoms with Gasteiger partial charge >= 0.3 is 6.09 Å². The lowest BCUT2D eigenvalue weighted by Gasteiger charge is -2.32. The molecule has 2 fully saturated rings. The summed E-state index contributed by atoms with van der Waals surface area (Å²) in [5.74, 6) is 1.50. The van der Waals surface area contributed by atoms with Gasteiger partial charge in [0.05, 0.1) is 7.11 Å². The second kappa shape index (κ2) is 12.8. The summed E-state index contributed by atoms with van der Waals surface area (Å²) in [5, 5.41) is 6.78. The second-order valence-electron chi connectivity index (χ2n) is 7.12. The van der Waals surface area contributed by atoms with E-state index in [1.54, 1.807) is 4.90 Å². The highest BCUT2D eigenvalue weighted by molar-refractivity contribution is 5.80. The molecule has 8 nitrogen and oxygen atoms in total. The maximum absolute atomic E-state index is 11.6. The summed E-state index contributed by atoms with van der Waals surface area (Å²) in [5.41, 5.74) is 0. The minimum absolute atomic E-state index is 0.241. The number of piperidine rings is 1. The van der Waals surface area contributed by atoms with Gasteiger partial charge in [0.2, 0.25) is 0 Å². The van der Waals surface area contributed by atoms with E-state index in [0.29, 0.717) is 25.0 Å². The van der Waals surface area contributed by atoms with Crippen molar-refractivity contribution in [2.45, 2.75) is 45.1 Å². The Bertz CT molecular complexity index is 447. The number of nitrogens with zero attached hydrogens (tertiary/aromatic N) is 2. The first-order valence-corrected chi connectivity index (χ1v) is 10.3. The van der Waals surface area contributed by atoms with Crippen molar-refractivity contribution in [1.82, 2.24) is 15.5 Å². The van der Waals surface area contributed by atoms with Crippen LogP contribution in [0.2, 0.25) is 0 Å². The number of amides is 1. The van der Waals surface area contributed by atoms with Crippen LogP contribution in [0.5, 0.6) is 0 Å². The third kappa shape index (κ3) is 8.34. The molecule has 2 saturated heterocycles. The van der Waals surface area contributed by atoms with Gasteiger partial charge in [0.1, 0.15) is 0 Å². The highest BCUT2D eigenvalue weighted by atomic mass is 16.5. The van der Waals surface area contributed by atoms with Gasteiger partial charge in [-0.15, -0.1) is 0 Å². The minimum Gasteiger partial charge on any atom is -0.453 e. The topological polar surface area (TPSA) is 84.4 Å². The number of carbonyl (C=O) groups is 1. The largest absolute Gasteiger partial charge is 0.453 e. The molecule has 2 heterocycles. The van der Waals surface area contributed by atoms with Crippen LogP contribution in [-0.4, -0.2) is 82.7 Å². The standard InChI is InChI=1S/C19H36N4O4/c1-3-20-18(22-17-5-10-23(11-6-17)19(24)25-2)21-9-4-12-27-15-16-7-13-26-14-8-16/h16-17H,3-15H2,1-2H3,(H2,20,21,22). The van der Waals surface area contributed by atoms with Crippen LogP contribution in [0.1, 0.15) is 39.0 Å². The molecule has 2 rings (SSSR count). The molecule has 0 aromatic carbocycles. The number of carbonyl (C=O) groups excluding carboxylic acids is 1. The van der Waals surface area contributed by atoms with E-state index in [2.05, 4.69) is 22.5 Å². The zero-order valence-corrected chi connectivity index (χ0v) is 16.9. The summed E-state index contributed by atoms with van der Waals surface area (Å²) in [6.45, 7) is 8.38. The summed E-state index contributed by atoms with van der Waals surface area (Å²) in [6, 6.07) is 0.327. The Labute approximate surface area is 163 Å². The van der Waals surface area contributed by atoms with Crippen molar-refractivity contribution < 1.29 is 19.0 Å². The molecule has 2 aliphatic rings. The molecule has 2 N–H and O–H groups in total. The highest BCUT2D eigenvalue weighted by Crippen LogP contribution is 2.14. The Kier molecular flexibility index (Phi) is 10.3. The molecule has 2 aliphatic heterocycles. The first-order chi connectivity index (χ1) is 13.2. The van der Waals surface area contributed by atoms with Gasteiger partial charge in [0, 0.05) is 58.6 Å². The van der Waals surface area contributed by atoms with Gasteiger partial charge in [-0.05, 0) is 44.9 Å². The normalized spacial score (nSPS) is 19.8. The summed E-state index contributed by atoms with van der Waals surface area (Å²) < 4.78 is 15.9. The molecule has 0 aliphatic carbocycles. The zero-order chi connectivity index (χ0) is 19.3. The average molecular weight is 385 g/mol. The number of hydrogen-bond donors (Lipinski definition) is 2. The molecule has 0 unspecified atom stereocenters. The van der Waals surface area contributed by atoms with Gasteiger partial charge in [0.15, 0.2) is 5.96 Å². The number of methoxy groups -OCH3 is 1. The minimum atomic E-state index is -0.241. The Hall–Kier alpha value is -1.54. The molecule has 0 bridgehead atoms. The predicted octanol–water partition coefficient (Wildman–Crippen LogP) is 1.61. The number of ether oxygens (including phenoxy) is 3. The Morgan fingerprint density at radius 2 is 1.96 bits per heavy atom. The first kappa shape index (κ1) is 21.8. The van der Waals surface area contributed by atoms with Gasteiger partial charge < -0.3 is 29.7 Å². The Morgan fingerprint density at radius 1 is 1.22 bits per heavy atom. The molecular formula is C19H36N4O4. The maximum Gasteiger partial charge on any atom is 0.409 e. The van der Waals surface area contributed by atoms with Crippen LogP contribution >= 0.6 is 0 Å². The van der Waals surface area contributed by atoms with Crippen molar-refractivity contribution in [2.24, 2.45) is 10.9 Å². The Balaban J connectivity index is 1.61. The lowest BCUT2D eigenvalue weighted by atomic mass is 10.0. The van der Waals surface area contributed by atoms with E-state index in [0.717, 1.165) is 77.6 Å². The van der Waals surface area contributed by atoms with Crippen LogP contribution in [0.15, 0.2) is 4.99 Å². The van der Waals surface area contributed by atoms with Gasteiger partial charge in [0.25, 0.3) is 0 Å². The lowest BCUT2D eigenvalue weighted by molar-refractivity contribution is 0.0205. The molecule has 0 saturated carbocycles. The fourth-order valence-electron chi connectivity index (χ4n) is 3.37.